The Kier molecular flexibility index (Phi) is 16.7. The maximum absolute atomic E-state index is 6.21. The number of hydrogen-bond donors (Lipinski definition) is 0. The van der Waals surface area contributed by atoms with Crippen LogP contribution in [0.15, 0.2) is 0 Å². The van der Waals surface area contributed by atoms with Crippen molar-refractivity contribution in [3.05, 3.63) is 0 Å². The van der Waals surface area contributed by atoms with E-state index < -0.39 is 13.2 Å². The van der Waals surface area contributed by atoms with Crippen LogP contribution in [0.25, 0.3) is 0 Å². The maximum atomic E-state index is 6.21. The average molecular weight is 342 g/mol. The van der Waals surface area contributed by atoms with Crippen LogP contribution in [-0.2, 0) is 0 Å². The van der Waals surface area contributed by atoms with Gasteiger partial charge in [0.1, 0.15) is 0 Å². The van der Waals surface area contributed by atoms with Crippen LogP contribution in [0.2, 0.25) is 21.1 Å². The molecule has 0 aromatic rings. The summed E-state index contributed by atoms with van der Waals surface area (Å²) in [5.74, 6) is 1.60. The van der Waals surface area contributed by atoms with Crippen LogP contribution in [0, 0.1) is 11.8 Å². The van der Waals surface area contributed by atoms with Gasteiger partial charge >= 0.3 is 25.5 Å². The molecule has 0 atom stereocenters. The molecule has 0 aromatic heterocycles. The highest BCUT2D eigenvalue weighted by molar-refractivity contribution is 9.24. The second-order valence-corrected chi connectivity index (χ2v) is 16.0. The molecule has 0 aromatic carbocycles. The van der Waals surface area contributed by atoms with Gasteiger partial charge in [0.2, 0.25) is 0 Å². The first kappa shape index (κ1) is 20.2. The van der Waals surface area contributed by atoms with Crippen molar-refractivity contribution in [2.24, 2.45) is 11.8 Å². The lowest BCUT2D eigenvalue weighted by atomic mass is 10.3. The highest BCUT2D eigenvalue weighted by atomic mass is 79.9. The van der Waals surface area contributed by atoms with Gasteiger partial charge in [-0.3, -0.25) is 10.0 Å². The highest BCUT2D eigenvalue weighted by Gasteiger charge is 2.17. The molecule has 0 rings (SSSR count). The molecule has 0 aliphatic rings. The fourth-order valence-corrected chi connectivity index (χ4v) is 6.36. The Morgan fingerprint density at radius 2 is 1.25 bits per heavy atom. The van der Waals surface area contributed by atoms with Crippen LogP contribution in [0.4, 0.5) is 0 Å². The van der Waals surface area contributed by atoms with Crippen molar-refractivity contribution in [3.8, 4) is 0 Å². The van der Waals surface area contributed by atoms with Crippen LogP contribution in [0.5, 0.6) is 0 Å². The minimum atomic E-state index is -0.846. The molecule has 16 heavy (non-hydrogen) atoms. The van der Waals surface area contributed by atoms with Gasteiger partial charge in [-0.15, -0.1) is 0 Å². The molecule has 0 unspecified atom stereocenters. The van der Waals surface area contributed by atoms with E-state index in [4.69, 9.17) is 10.0 Å². The van der Waals surface area contributed by atoms with Crippen molar-refractivity contribution in [2.75, 3.05) is 0 Å². The zero-order valence-corrected chi connectivity index (χ0v) is 16.5. The fourth-order valence-electron chi connectivity index (χ4n) is 1.41. The first-order valence-electron chi connectivity index (χ1n) is 6.61. The Bertz CT molecular complexity index is 129. The second-order valence-electron chi connectivity index (χ2n) is 5.27. The zero-order chi connectivity index (χ0) is 13.1. The van der Waals surface area contributed by atoms with Crippen molar-refractivity contribution in [1.29, 1.82) is 0 Å². The molecule has 0 bridgehead atoms. The standard InChI is InChI=1S/2C4H9.2C2H5.2Al.BrH.ClH/c2*1-4(2)3;2*1-2;;;;/h2*4H,1H2,2-3H3;2*1H2,2H3;;;2*1H/q;;;;2*+1;;/p-2. The smallest absolute Gasteiger partial charge is 0.261 e. The number of rotatable bonds is 6. The van der Waals surface area contributed by atoms with E-state index in [2.05, 4.69) is 55.6 Å². The van der Waals surface area contributed by atoms with Crippen LogP contribution in [0.3, 0.4) is 0 Å². The van der Waals surface area contributed by atoms with E-state index in [1.54, 1.807) is 0 Å². The Morgan fingerprint density at radius 1 is 0.938 bits per heavy atom. The van der Waals surface area contributed by atoms with E-state index >= 15 is 0 Å². The van der Waals surface area contributed by atoms with Crippen LogP contribution in [-0.4, -0.2) is 25.5 Å². The molecular formula is C12H28Al2BrCl. The van der Waals surface area contributed by atoms with Crippen molar-refractivity contribution in [1.82, 2.24) is 0 Å². The quantitative estimate of drug-likeness (QED) is 0.524. The van der Waals surface area contributed by atoms with Crippen molar-refractivity contribution >= 4 is 49.6 Å². The highest BCUT2D eigenvalue weighted by Crippen LogP contribution is 2.16. The minimum Gasteiger partial charge on any atom is -0.261 e. The van der Waals surface area contributed by atoms with Gasteiger partial charge in [-0.1, -0.05) is 74.5 Å². The van der Waals surface area contributed by atoms with Crippen molar-refractivity contribution in [2.45, 2.75) is 62.7 Å². The third kappa shape index (κ3) is 18.2. The molecule has 0 saturated carbocycles. The lowest BCUT2D eigenvalue weighted by molar-refractivity contribution is 0.697. The molecule has 0 saturated heterocycles. The SMILES string of the molecule is CC(C)[CH2][Al]([Cl])[CH2]C(C)C.C[CH2][Al]([Br])[CH2]C. The normalized spacial score (nSPS) is 10.1. The largest absolute Gasteiger partial charge is 0.400 e. The van der Waals surface area contributed by atoms with Gasteiger partial charge in [0, 0.05) is 0 Å². The fraction of sp³-hybridized carbons (Fsp3) is 1.00. The summed E-state index contributed by atoms with van der Waals surface area (Å²) >= 11 is 2.42. The molecule has 0 N–H and O–H groups in total. The van der Waals surface area contributed by atoms with Crippen LogP contribution < -0.4 is 0 Å². The molecular weight excluding hydrogens is 313 g/mol. The summed E-state index contributed by atoms with van der Waals surface area (Å²) in [5, 5.41) is 5.35. The summed E-state index contributed by atoms with van der Waals surface area (Å²) in [6.45, 7) is 13.5. The number of halogens is 2. The molecule has 0 amide bonds. The van der Waals surface area contributed by atoms with Gasteiger partial charge in [0.25, 0.3) is 0 Å². The van der Waals surface area contributed by atoms with E-state index in [1.807, 2.05) is 0 Å². The summed E-state index contributed by atoms with van der Waals surface area (Å²) in [6, 6.07) is 0. The van der Waals surface area contributed by atoms with Gasteiger partial charge in [-0.05, 0) is 0 Å². The third-order valence-electron chi connectivity index (χ3n) is 2.34. The van der Waals surface area contributed by atoms with Crippen molar-refractivity contribution < 1.29 is 0 Å². The molecule has 0 radical (unpaired) electrons. The monoisotopic (exact) mass is 340 g/mol. The van der Waals surface area contributed by atoms with Crippen LogP contribution in [0.1, 0.15) is 41.5 Å². The second kappa shape index (κ2) is 13.3. The molecule has 0 aliphatic heterocycles. The number of hydrogen-bond acceptors (Lipinski definition) is 0. The van der Waals surface area contributed by atoms with Crippen LogP contribution >= 0.6 is 24.1 Å². The lowest BCUT2D eigenvalue weighted by Gasteiger charge is -2.08. The summed E-state index contributed by atoms with van der Waals surface area (Å²) < 4.78 is 0. The lowest BCUT2D eigenvalue weighted by Crippen LogP contribution is -2.09. The molecule has 0 heterocycles. The predicted octanol–water partition coefficient (Wildman–Crippen LogP) is 5.94. The van der Waals surface area contributed by atoms with E-state index in [0.717, 1.165) is 11.8 Å². The summed E-state index contributed by atoms with van der Waals surface area (Å²) in [4.78, 5) is 0. The first-order valence-corrected chi connectivity index (χ1v) is 14.8. The molecule has 0 nitrogen and oxygen atoms in total. The van der Waals surface area contributed by atoms with Gasteiger partial charge in [-0.2, -0.15) is 0 Å². The molecule has 0 fully saturated rings. The Balaban J connectivity index is 0. The maximum Gasteiger partial charge on any atom is 0.400 e. The Morgan fingerprint density at radius 3 is 1.38 bits per heavy atom. The summed E-state index contributed by atoms with van der Waals surface area (Å²) in [7, 11) is 6.21. The first-order chi connectivity index (χ1) is 7.33. The molecule has 0 spiro atoms. The summed E-state index contributed by atoms with van der Waals surface area (Å²) in [6.07, 6.45) is 0. The van der Waals surface area contributed by atoms with E-state index in [9.17, 15) is 0 Å². The van der Waals surface area contributed by atoms with Gasteiger partial charge < -0.3 is 0 Å². The molecule has 4 heteroatoms. The zero-order valence-electron chi connectivity index (χ0n) is 11.9. The molecule has 96 valence electrons. The Labute approximate surface area is 123 Å². The minimum absolute atomic E-state index is 0.348. The molecule has 0 aliphatic carbocycles. The van der Waals surface area contributed by atoms with Crippen molar-refractivity contribution in [3.63, 3.8) is 0 Å². The van der Waals surface area contributed by atoms with Gasteiger partial charge in [0.05, 0.1) is 0 Å². The van der Waals surface area contributed by atoms with Gasteiger partial charge in [0.15, 0.2) is 0 Å². The van der Waals surface area contributed by atoms with Gasteiger partial charge in [-0.25, -0.2) is 14.1 Å². The van der Waals surface area contributed by atoms with E-state index in [0.29, 0.717) is 0 Å². The summed E-state index contributed by atoms with van der Waals surface area (Å²) in [5.41, 5.74) is 0. The van der Waals surface area contributed by atoms with E-state index in [-0.39, 0.29) is 12.3 Å². The predicted molar refractivity (Wildman–Crippen MR) is 86.5 cm³/mol. The van der Waals surface area contributed by atoms with E-state index in [1.165, 1.54) is 21.1 Å². The Hall–Kier alpha value is 1.83. The third-order valence-corrected chi connectivity index (χ3v) is 12.0. The average Bonchev–Trinajstić information content (AvgIpc) is 2.14. The topological polar surface area (TPSA) is 0 Å².